The maximum absolute atomic E-state index is 12.0. The number of fused-ring (bicyclic) bond motifs is 1. The van der Waals surface area contributed by atoms with Gasteiger partial charge in [-0.1, -0.05) is 69.3 Å². The zero-order valence-corrected chi connectivity index (χ0v) is 28.8. The molecule has 0 aromatic heterocycles. The molecular formula is C35H50O8Si. The second kappa shape index (κ2) is 13.8. The summed E-state index contributed by atoms with van der Waals surface area (Å²) < 4.78 is 44.1. The van der Waals surface area contributed by atoms with Crippen LogP contribution in [0.1, 0.15) is 64.9 Å². The fourth-order valence-corrected chi connectivity index (χ4v) is 6.96. The van der Waals surface area contributed by atoms with Gasteiger partial charge in [-0.3, -0.25) is 0 Å². The molecule has 44 heavy (non-hydrogen) atoms. The highest BCUT2D eigenvalue weighted by molar-refractivity contribution is 6.74. The molecule has 2 aromatic carbocycles. The molecule has 0 aliphatic carbocycles. The van der Waals surface area contributed by atoms with E-state index in [-0.39, 0.29) is 17.2 Å². The second-order valence-corrected chi connectivity index (χ2v) is 18.4. The number of benzene rings is 2. The van der Waals surface area contributed by atoms with E-state index in [1.165, 1.54) is 13.2 Å². The first-order valence-corrected chi connectivity index (χ1v) is 18.3. The van der Waals surface area contributed by atoms with Crippen molar-refractivity contribution in [2.75, 3.05) is 20.8 Å². The van der Waals surface area contributed by atoms with Gasteiger partial charge in [0, 0.05) is 18.1 Å². The van der Waals surface area contributed by atoms with Crippen molar-refractivity contribution in [1.29, 1.82) is 0 Å². The number of hydrogen-bond acceptors (Lipinski definition) is 8. The normalized spacial score (nSPS) is 28.3. The fourth-order valence-electron chi connectivity index (χ4n) is 5.56. The zero-order chi connectivity index (χ0) is 32.2. The maximum atomic E-state index is 12.0. The summed E-state index contributed by atoms with van der Waals surface area (Å²) in [7, 11) is 0.744. The lowest BCUT2D eigenvalue weighted by molar-refractivity contribution is -0.368. The minimum absolute atomic E-state index is 0.0258. The number of ether oxygens (including phenoxy) is 6. The van der Waals surface area contributed by atoms with Gasteiger partial charge in [-0.15, -0.1) is 0 Å². The van der Waals surface area contributed by atoms with Gasteiger partial charge in [0.15, 0.2) is 14.6 Å². The van der Waals surface area contributed by atoms with Gasteiger partial charge in [0.05, 0.1) is 45.7 Å². The molecule has 2 aliphatic rings. The first-order valence-electron chi connectivity index (χ1n) is 15.4. The van der Waals surface area contributed by atoms with Gasteiger partial charge < -0.3 is 32.8 Å². The highest BCUT2D eigenvalue weighted by Crippen LogP contribution is 2.49. The van der Waals surface area contributed by atoms with Crippen LogP contribution in [0, 0.1) is 0 Å². The van der Waals surface area contributed by atoms with Gasteiger partial charge in [0.1, 0.15) is 17.0 Å². The SMILES string of the molecule is COC(=O)/C=C/C[C@H](OCc1ccc(OC)cc1)[C@]1(C)O[C@]2(C)CO[C@@H](c3ccccc3)O[C@H]2C[C@H]1O[Si](C)(C)C(C)(C)C. The van der Waals surface area contributed by atoms with Gasteiger partial charge in [-0.25, -0.2) is 4.79 Å². The van der Waals surface area contributed by atoms with Crippen molar-refractivity contribution in [2.24, 2.45) is 0 Å². The van der Waals surface area contributed by atoms with E-state index in [9.17, 15) is 4.79 Å². The van der Waals surface area contributed by atoms with Crippen molar-refractivity contribution in [3.63, 3.8) is 0 Å². The Balaban J connectivity index is 1.68. The van der Waals surface area contributed by atoms with Gasteiger partial charge >= 0.3 is 5.97 Å². The maximum Gasteiger partial charge on any atom is 0.330 e. The van der Waals surface area contributed by atoms with Crippen LogP contribution >= 0.6 is 0 Å². The second-order valence-electron chi connectivity index (χ2n) is 13.7. The Labute approximate surface area is 264 Å². The Morgan fingerprint density at radius 3 is 2.36 bits per heavy atom. The molecule has 0 bridgehead atoms. The fraction of sp³-hybridized carbons (Fsp3) is 0.571. The third kappa shape index (κ3) is 7.81. The van der Waals surface area contributed by atoms with Crippen LogP contribution in [-0.4, -0.2) is 64.6 Å². The van der Waals surface area contributed by atoms with E-state index in [1.54, 1.807) is 13.2 Å². The first kappa shape index (κ1) is 34.3. The summed E-state index contributed by atoms with van der Waals surface area (Å²) in [6, 6.07) is 17.8. The molecule has 0 spiro atoms. The molecule has 4 rings (SSSR count). The van der Waals surface area contributed by atoms with Crippen molar-refractivity contribution < 1.29 is 37.6 Å². The third-order valence-electron chi connectivity index (χ3n) is 9.38. The van der Waals surface area contributed by atoms with Gasteiger partial charge in [-0.05, 0) is 56.1 Å². The van der Waals surface area contributed by atoms with Gasteiger partial charge in [0.2, 0.25) is 0 Å². The van der Waals surface area contributed by atoms with E-state index in [1.807, 2.05) is 61.5 Å². The number of rotatable bonds is 11. The van der Waals surface area contributed by atoms with Crippen LogP contribution in [0.3, 0.4) is 0 Å². The number of carbonyl (C=O) groups is 1. The van der Waals surface area contributed by atoms with Crippen molar-refractivity contribution in [3.05, 3.63) is 77.9 Å². The summed E-state index contributed by atoms with van der Waals surface area (Å²) in [4.78, 5) is 12.0. The van der Waals surface area contributed by atoms with Crippen LogP contribution in [0.25, 0.3) is 0 Å². The highest BCUT2D eigenvalue weighted by Gasteiger charge is 2.60. The predicted molar refractivity (Wildman–Crippen MR) is 172 cm³/mol. The lowest BCUT2D eigenvalue weighted by Crippen LogP contribution is -2.70. The summed E-state index contributed by atoms with van der Waals surface area (Å²) in [6.45, 7) is 16.0. The van der Waals surface area contributed by atoms with E-state index in [2.05, 4.69) is 40.8 Å². The van der Waals surface area contributed by atoms with Gasteiger partial charge in [-0.2, -0.15) is 0 Å². The number of methoxy groups -OCH3 is 2. The largest absolute Gasteiger partial charge is 0.497 e. The monoisotopic (exact) mass is 626 g/mol. The molecule has 2 aromatic rings. The minimum atomic E-state index is -2.27. The summed E-state index contributed by atoms with van der Waals surface area (Å²) in [5.74, 6) is 0.359. The molecule has 0 saturated carbocycles. The van der Waals surface area contributed by atoms with Crippen LogP contribution in [0.2, 0.25) is 18.1 Å². The molecule has 0 amide bonds. The molecule has 2 fully saturated rings. The molecule has 2 aliphatic heterocycles. The molecule has 8 nitrogen and oxygen atoms in total. The van der Waals surface area contributed by atoms with E-state index in [0.29, 0.717) is 26.1 Å². The van der Waals surface area contributed by atoms with E-state index < -0.39 is 37.9 Å². The van der Waals surface area contributed by atoms with E-state index >= 15 is 0 Å². The molecule has 6 atom stereocenters. The Bertz CT molecular complexity index is 1260. The third-order valence-corrected chi connectivity index (χ3v) is 13.9. The highest BCUT2D eigenvalue weighted by atomic mass is 28.4. The molecule has 2 heterocycles. The summed E-state index contributed by atoms with van der Waals surface area (Å²) in [5.41, 5.74) is 0.313. The average Bonchev–Trinajstić information content (AvgIpc) is 2.99. The molecule has 9 heteroatoms. The molecule has 0 radical (unpaired) electrons. The average molecular weight is 627 g/mol. The van der Waals surface area contributed by atoms with Crippen molar-refractivity contribution in [1.82, 2.24) is 0 Å². The molecule has 0 unspecified atom stereocenters. The van der Waals surface area contributed by atoms with Crippen molar-refractivity contribution in [3.8, 4) is 5.75 Å². The lowest BCUT2D eigenvalue weighted by Gasteiger charge is -2.58. The Morgan fingerprint density at radius 1 is 1.07 bits per heavy atom. The Hall–Kier alpha value is -2.53. The lowest BCUT2D eigenvalue weighted by atomic mass is 9.78. The molecule has 0 N–H and O–H groups in total. The van der Waals surface area contributed by atoms with E-state index in [4.69, 9.17) is 32.8 Å². The quantitative estimate of drug-likeness (QED) is 0.148. The predicted octanol–water partition coefficient (Wildman–Crippen LogP) is 7.14. The van der Waals surface area contributed by atoms with Crippen LogP contribution in [0.5, 0.6) is 5.75 Å². The van der Waals surface area contributed by atoms with Crippen LogP contribution in [0.4, 0.5) is 0 Å². The van der Waals surface area contributed by atoms with Crippen molar-refractivity contribution in [2.45, 2.75) is 108 Å². The topological polar surface area (TPSA) is 81.7 Å². The van der Waals surface area contributed by atoms with Crippen molar-refractivity contribution >= 4 is 14.3 Å². The van der Waals surface area contributed by atoms with E-state index in [0.717, 1.165) is 16.9 Å². The number of carbonyl (C=O) groups excluding carboxylic acids is 1. The minimum Gasteiger partial charge on any atom is -0.497 e. The molecule has 2 saturated heterocycles. The molecule has 242 valence electrons. The Kier molecular flexibility index (Phi) is 10.8. The Morgan fingerprint density at radius 2 is 1.75 bits per heavy atom. The number of esters is 1. The standard InChI is InChI=1S/C35H50O8Si/c1-33(2,3)44(8,9)42-30-22-29-34(4,24-40-32(41-29)26-14-11-10-12-15-26)43-35(30,5)28(16-13-17-31(36)38-7)39-23-25-18-20-27(37-6)21-19-25/h10-15,17-21,28-30,32H,16,22-24H2,1-9H3/b17-13+/t28-,29-,30+,32+,34+,35-/m0/s1. The van der Waals surface area contributed by atoms with Crippen LogP contribution in [-0.2, 0) is 39.5 Å². The summed E-state index contributed by atoms with van der Waals surface area (Å²) in [6.07, 6.45) is 2.67. The smallest absolute Gasteiger partial charge is 0.330 e. The summed E-state index contributed by atoms with van der Waals surface area (Å²) >= 11 is 0. The van der Waals surface area contributed by atoms with Crippen LogP contribution in [0.15, 0.2) is 66.7 Å². The van der Waals surface area contributed by atoms with Crippen LogP contribution < -0.4 is 4.74 Å². The zero-order valence-electron chi connectivity index (χ0n) is 27.8. The molecular weight excluding hydrogens is 576 g/mol. The first-order chi connectivity index (χ1) is 20.7. The van der Waals surface area contributed by atoms with Gasteiger partial charge in [0.25, 0.3) is 0 Å². The summed E-state index contributed by atoms with van der Waals surface area (Å²) in [5, 5.41) is -0.0258. The number of hydrogen-bond donors (Lipinski definition) is 0.